The minimum atomic E-state index is -2.78. The van der Waals surface area contributed by atoms with Crippen LogP contribution in [-0.4, -0.2) is 37.3 Å². The van der Waals surface area contributed by atoms with E-state index in [-0.39, 0.29) is 18.3 Å². The summed E-state index contributed by atoms with van der Waals surface area (Å²) >= 11 is 0. The van der Waals surface area contributed by atoms with Crippen molar-refractivity contribution < 1.29 is 14.6 Å². The highest BCUT2D eigenvalue weighted by molar-refractivity contribution is 6.99. The van der Waals surface area contributed by atoms with Crippen LogP contribution in [0.3, 0.4) is 0 Å². The van der Waals surface area contributed by atoms with Gasteiger partial charge in [-0.15, -0.1) is 0 Å². The Balaban J connectivity index is 2.32. The summed E-state index contributed by atoms with van der Waals surface area (Å²) in [5.41, 5.74) is -0.610. The van der Waals surface area contributed by atoms with Gasteiger partial charge in [0.05, 0.1) is 12.2 Å². The van der Waals surface area contributed by atoms with Crippen molar-refractivity contribution >= 4 is 18.7 Å². The Morgan fingerprint density at radius 3 is 1.46 bits per heavy atom. The van der Waals surface area contributed by atoms with E-state index in [0.717, 1.165) is 32.1 Å². The quantitative estimate of drug-likeness (QED) is 0.148. The summed E-state index contributed by atoms with van der Waals surface area (Å²) in [7, 11) is -2.78. The van der Waals surface area contributed by atoms with Crippen molar-refractivity contribution in [3.63, 3.8) is 0 Å². The third-order valence-corrected chi connectivity index (χ3v) is 13.0. The molecule has 3 nitrogen and oxygen atoms in total. The highest BCUT2D eigenvalue weighted by atomic mass is 28.4. The van der Waals surface area contributed by atoms with Gasteiger partial charge in [-0.1, -0.05) is 146 Å². The fourth-order valence-electron chi connectivity index (χ4n) is 5.71. The fourth-order valence-corrected chi connectivity index (χ4v) is 10.6. The van der Waals surface area contributed by atoms with Crippen molar-refractivity contribution in [2.45, 2.75) is 122 Å². The van der Waals surface area contributed by atoms with Gasteiger partial charge in [0, 0.05) is 6.61 Å². The first-order valence-corrected chi connectivity index (χ1v) is 16.8. The summed E-state index contributed by atoms with van der Waals surface area (Å²) in [6.07, 6.45) is 14.7. The lowest BCUT2D eigenvalue weighted by Crippen LogP contribution is -2.70. The summed E-state index contributed by atoms with van der Waals surface area (Å²) in [5, 5.41) is 22.8. The van der Waals surface area contributed by atoms with E-state index in [1.807, 2.05) is 0 Å². The Bertz CT molecular complexity index is 794. The van der Waals surface area contributed by atoms with E-state index in [4.69, 9.17) is 4.43 Å². The van der Waals surface area contributed by atoms with Gasteiger partial charge in [0.25, 0.3) is 8.32 Å². The molecule has 2 aromatic rings. The zero-order valence-electron chi connectivity index (χ0n) is 24.2. The normalized spacial score (nSPS) is 14.0. The molecule has 0 bridgehead atoms. The van der Waals surface area contributed by atoms with Gasteiger partial charge < -0.3 is 14.6 Å². The molecule has 2 aromatic carbocycles. The average Bonchev–Trinajstić information content (AvgIpc) is 2.91. The van der Waals surface area contributed by atoms with E-state index in [1.165, 1.54) is 61.7 Å². The van der Waals surface area contributed by atoms with Gasteiger partial charge in [-0.3, -0.25) is 0 Å². The second kappa shape index (κ2) is 16.5. The molecular weight excluding hydrogens is 472 g/mol. The second-order valence-corrected chi connectivity index (χ2v) is 16.1. The van der Waals surface area contributed by atoms with Crippen LogP contribution >= 0.6 is 0 Å². The average molecular weight is 527 g/mol. The smallest absolute Gasteiger partial charge is 0.261 e. The standard InChI is InChI=1S/C33H54O3Si/c1-5-6-7-8-9-10-11-12-19-26-33(29-35,27-20-21-28-34)36-37(32(2,3)4,30-22-15-13-16-23-30)31-24-17-14-18-25-31/h13-18,22-25,34-35H,5-12,19-21,26-29H2,1-4H3/t33-/m1/s1. The molecule has 4 heteroatoms. The second-order valence-electron chi connectivity index (χ2n) is 11.9. The first-order valence-electron chi connectivity index (χ1n) is 14.9. The van der Waals surface area contributed by atoms with Crippen LogP contribution in [0.15, 0.2) is 60.7 Å². The molecule has 0 aromatic heterocycles. The van der Waals surface area contributed by atoms with Crippen LogP contribution in [0.4, 0.5) is 0 Å². The number of rotatable bonds is 19. The lowest BCUT2D eigenvalue weighted by atomic mass is 9.91. The van der Waals surface area contributed by atoms with Gasteiger partial charge in [-0.25, -0.2) is 0 Å². The van der Waals surface area contributed by atoms with Gasteiger partial charge in [-0.2, -0.15) is 0 Å². The van der Waals surface area contributed by atoms with E-state index in [0.29, 0.717) is 0 Å². The molecule has 2 rings (SSSR count). The number of aliphatic hydroxyl groups is 2. The van der Waals surface area contributed by atoms with Crippen LogP contribution in [0.5, 0.6) is 0 Å². The lowest BCUT2D eigenvalue weighted by molar-refractivity contribution is -0.0176. The highest BCUT2D eigenvalue weighted by Gasteiger charge is 2.54. The molecule has 2 N–H and O–H groups in total. The minimum Gasteiger partial charge on any atom is -0.400 e. The summed E-state index contributed by atoms with van der Waals surface area (Å²) in [5.74, 6) is 0. The van der Waals surface area contributed by atoms with E-state index >= 15 is 0 Å². The Labute approximate surface area is 228 Å². The van der Waals surface area contributed by atoms with Crippen LogP contribution in [-0.2, 0) is 4.43 Å². The maximum absolute atomic E-state index is 11.0. The number of hydrogen-bond acceptors (Lipinski definition) is 3. The predicted molar refractivity (Wildman–Crippen MR) is 161 cm³/mol. The van der Waals surface area contributed by atoms with Gasteiger partial charge >= 0.3 is 0 Å². The molecule has 0 amide bonds. The Morgan fingerprint density at radius 2 is 1.05 bits per heavy atom. The molecule has 0 unspecified atom stereocenters. The summed E-state index contributed by atoms with van der Waals surface area (Å²) < 4.78 is 7.54. The van der Waals surface area contributed by atoms with Crippen molar-refractivity contribution in [2.75, 3.05) is 13.2 Å². The Morgan fingerprint density at radius 1 is 0.622 bits per heavy atom. The minimum absolute atomic E-state index is 0.0138. The van der Waals surface area contributed by atoms with Crippen molar-refractivity contribution in [2.24, 2.45) is 0 Å². The SMILES string of the molecule is CCCCCCCCCCC[C@](CO)(CCCCO)O[Si](c1ccccc1)(c1ccccc1)C(C)(C)C. The maximum atomic E-state index is 11.0. The molecule has 0 aliphatic heterocycles. The number of benzene rings is 2. The van der Waals surface area contributed by atoms with Gasteiger partial charge in [0.2, 0.25) is 0 Å². The molecule has 0 radical (unpaired) electrons. The summed E-state index contributed by atoms with van der Waals surface area (Å²) in [6, 6.07) is 21.5. The fraction of sp³-hybridized carbons (Fsp3) is 0.636. The molecule has 0 saturated heterocycles. The van der Waals surface area contributed by atoms with Crippen molar-refractivity contribution in [1.29, 1.82) is 0 Å². The van der Waals surface area contributed by atoms with Crippen LogP contribution in [0.1, 0.15) is 111 Å². The monoisotopic (exact) mass is 526 g/mol. The predicted octanol–water partition coefficient (Wildman–Crippen LogP) is 7.38. The third-order valence-electron chi connectivity index (χ3n) is 7.85. The molecule has 0 saturated carbocycles. The van der Waals surface area contributed by atoms with E-state index in [1.54, 1.807) is 0 Å². The lowest BCUT2D eigenvalue weighted by Gasteiger charge is -2.49. The molecule has 0 spiro atoms. The Kier molecular flexibility index (Phi) is 14.2. The topological polar surface area (TPSA) is 49.7 Å². The van der Waals surface area contributed by atoms with E-state index < -0.39 is 13.9 Å². The first-order chi connectivity index (χ1) is 17.8. The Hall–Kier alpha value is -1.46. The van der Waals surface area contributed by atoms with Gasteiger partial charge in [0.1, 0.15) is 0 Å². The van der Waals surface area contributed by atoms with Crippen LogP contribution < -0.4 is 10.4 Å². The first kappa shape index (κ1) is 31.8. The number of unbranched alkanes of at least 4 members (excludes halogenated alkanes) is 9. The van der Waals surface area contributed by atoms with Crippen molar-refractivity contribution in [3.8, 4) is 0 Å². The van der Waals surface area contributed by atoms with Gasteiger partial charge in [-0.05, 0) is 41.1 Å². The molecule has 0 aliphatic carbocycles. The molecule has 37 heavy (non-hydrogen) atoms. The molecule has 0 heterocycles. The van der Waals surface area contributed by atoms with E-state index in [9.17, 15) is 10.2 Å². The van der Waals surface area contributed by atoms with E-state index in [2.05, 4.69) is 88.4 Å². The van der Waals surface area contributed by atoms with Crippen LogP contribution in [0.25, 0.3) is 0 Å². The zero-order valence-corrected chi connectivity index (χ0v) is 25.2. The molecule has 0 aliphatic rings. The summed E-state index contributed by atoms with van der Waals surface area (Å²) in [6.45, 7) is 9.36. The van der Waals surface area contributed by atoms with Crippen molar-refractivity contribution in [3.05, 3.63) is 60.7 Å². The highest BCUT2D eigenvalue weighted by Crippen LogP contribution is 2.41. The largest absolute Gasteiger partial charge is 0.400 e. The number of aliphatic hydroxyl groups excluding tert-OH is 2. The summed E-state index contributed by atoms with van der Waals surface area (Å²) in [4.78, 5) is 0. The molecule has 0 fully saturated rings. The van der Waals surface area contributed by atoms with Crippen molar-refractivity contribution in [1.82, 2.24) is 0 Å². The molecule has 1 atom stereocenters. The van der Waals surface area contributed by atoms with Gasteiger partial charge in [0.15, 0.2) is 0 Å². The van der Waals surface area contributed by atoms with Crippen LogP contribution in [0, 0.1) is 0 Å². The number of hydrogen-bond donors (Lipinski definition) is 2. The zero-order chi connectivity index (χ0) is 27.0. The maximum Gasteiger partial charge on any atom is 0.261 e. The van der Waals surface area contributed by atoms with Crippen LogP contribution in [0.2, 0.25) is 5.04 Å². The molecular formula is C33H54O3Si. The third kappa shape index (κ3) is 9.35. The molecule has 208 valence electrons.